The smallest absolute Gasteiger partial charge is 0.184 e. The molecule has 0 atom stereocenters. The first kappa shape index (κ1) is 11.1. The minimum Gasteiger partial charge on any atom is -0.326 e. The van der Waals surface area contributed by atoms with Gasteiger partial charge in [0.2, 0.25) is 0 Å². The van der Waals surface area contributed by atoms with Crippen molar-refractivity contribution in [2.75, 3.05) is 0 Å². The molecule has 0 aliphatic rings. The quantitative estimate of drug-likeness (QED) is 0.799. The summed E-state index contributed by atoms with van der Waals surface area (Å²) in [5, 5.41) is 11.8. The van der Waals surface area contributed by atoms with E-state index < -0.39 is 0 Å². The van der Waals surface area contributed by atoms with E-state index in [0.29, 0.717) is 6.54 Å². The number of aromatic nitrogens is 4. The van der Waals surface area contributed by atoms with Crippen LogP contribution in [0.15, 0.2) is 29.2 Å². The SMILES string of the molecule is Cn1nnc(CSc2cccc(CN)c2)n1. The molecule has 1 heterocycles. The summed E-state index contributed by atoms with van der Waals surface area (Å²) in [6.45, 7) is 0.567. The third-order valence-electron chi connectivity index (χ3n) is 2.05. The van der Waals surface area contributed by atoms with Crippen LogP contribution in [0.5, 0.6) is 0 Å². The Bertz CT molecular complexity index is 468. The van der Waals surface area contributed by atoms with Gasteiger partial charge in [0.15, 0.2) is 5.82 Å². The van der Waals surface area contributed by atoms with Crippen molar-refractivity contribution in [2.24, 2.45) is 12.8 Å². The van der Waals surface area contributed by atoms with E-state index in [-0.39, 0.29) is 0 Å². The van der Waals surface area contributed by atoms with Crippen LogP contribution in [-0.2, 0) is 19.3 Å². The maximum absolute atomic E-state index is 5.58. The molecule has 1 aromatic carbocycles. The third kappa shape index (κ3) is 2.80. The number of hydrogen-bond acceptors (Lipinski definition) is 5. The van der Waals surface area contributed by atoms with Crippen molar-refractivity contribution in [2.45, 2.75) is 17.2 Å². The molecule has 0 spiro atoms. The highest BCUT2D eigenvalue weighted by atomic mass is 32.2. The van der Waals surface area contributed by atoms with E-state index in [1.807, 2.05) is 12.1 Å². The van der Waals surface area contributed by atoms with Crippen LogP contribution in [0.2, 0.25) is 0 Å². The Morgan fingerprint density at radius 2 is 2.31 bits per heavy atom. The zero-order chi connectivity index (χ0) is 11.4. The molecule has 0 bridgehead atoms. The van der Waals surface area contributed by atoms with Gasteiger partial charge >= 0.3 is 0 Å². The second-order valence-electron chi connectivity index (χ2n) is 3.34. The largest absolute Gasteiger partial charge is 0.326 e. The van der Waals surface area contributed by atoms with Crippen molar-refractivity contribution in [3.8, 4) is 0 Å². The summed E-state index contributed by atoms with van der Waals surface area (Å²) in [7, 11) is 1.76. The normalized spacial score (nSPS) is 10.6. The van der Waals surface area contributed by atoms with Crippen molar-refractivity contribution in [1.29, 1.82) is 0 Å². The number of rotatable bonds is 4. The average Bonchev–Trinajstić information content (AvgIpc) is 2.73. The summed E-state index contributed by atoms with van der Waals surface area (Å²) in [5.41, 5.74) is 6.72. The van der Waals surface area contributed by atoms with Crippen LogP contribution >= 0.6 is 11.8 Å². The molecule has 84 valence electrons. The lowest BCUT2D eigenvalue weighted by molar-refractivity contribution is 0.628. The molecule has 0 radical (unpaired) electrons. The van der Waals surface area contributed by atoms with Gasteiger partial charge in [0.1, 0.15) is 0 Å². The number of aryl methyl sites for hydroxylation is 1. The van der Waals surface area contributed by atoms with Crippen LogP contribution in [0, 0.1) is 0 Å². The molecular weight excluding hydrogens is 222 g/mol. The lowest BCUT2D eigenvalue weighted by atomic mass is 10.2. The first-order valence-electron chi connectivity index (χ1n) is 4.92. The molecule has 0 fully saturated rings. The maximum atomic E-state index is 5.58. The molecule has 1 aromatic heterocycles. The number of benzene rings is 1. The predicted octanol–water partition coefficient (Wildman–Crippen LogP) is 0.961. The van der Waals surface area contributed by atoms with Gasteiger partial charge in [-0.2, -0.15) is 4.80 Å². The van der Waals surface area contributed by atoms with Crippen LogP contribution in [-0.4, -0.2) is 20.2 Å². The van der Waals surface area contributed by atoms with Gasteiger partial charge in [-0.1, -0.05) is 12.1 Å². The van der Waals surface area contributed by atoms with Gasteiger partial charge in [0.25, 0.3) is 0 Å². The van der Waals surface area contributed by atoms with E-state index in [2.05, 4.69) is 27.5 Å². The molecule has 5 nitrogen and oxygen atoms in total. The van der Waals surface area contributed by atoms with Crippen LogP contribution in [0.4, 0.5) is 0 Å². The molecule has 0 aliphatic carbocycles. The van der Waals surface area contributed by atoms with Gasteiger partial charge in [0.05, 0.1) is 12.8 Å². The third-order valence-corrected chi connectivity index (χ3v) is 3.04. The fourth-order valence-corrected chi connectivity index (χ4v) is 2.11. The number of hydrogen-bond donors (Lipinski definition) is 1. The summed E-state index contributed by atoms with van der Waals surface area (Å²) >= 11 is 1.68. The fourth-order valence-electron chi connectivity index (χ4n) is 1.29. The number of thioether (sulfide) groups is 1. The molecule has 0 saturated heterocycles. The zero-order valence-electron chi connectivity index (χ0n) is 9.00. The Hall–Kier alpha value is -1.40. The minimum absolute atomic E-state index is 0.567. The van der Waals surface area contributed by atoms with Crippen LogP contribution in [0.1, 0.15) is 11.4 Å². The van der Waals surface area contributed by atoms with Gasteiger partial charge in [0, 0.05) is 11.4 Å². The van der Waals surface area contributed by atoms with Crippen molar-refractivity contribution in [3.63, 3.8) is 0 Å². The number of nitrogens with two attached hydrogens (primary N) is 1. The van der Waals surface area contributed by atoms with Gasteiger partial charge in [-0.15, -0.1) is 22.0 Å². The van der Waals surface area contributed by atoms with Gasteiger partial charge in [-0.25, -0.2) is 0 Å². The Balaban J connectivity index is 1.99. The second-order valence-corrected chi connectivity index (χ2v) is 4.38. The Morgan fingerprint density at radius 3 is 3.00 bits per heavy atom. The maximum Gasteiger partial charge on any atom is 0.184 e. The van der Waals surface area contributed by atoms with E-state index in [1.165, 1.54) is 9.69 Å². The lowest BCUT2D eigenvalue weighted by Gasteiger charge is -2.01. The van der Waals surface area contributed by atoms with Gasteiger partial charge in [-0.05, 0) is 22.9 Å². The van der Waals surface area contributed by atoms with E-state index in [1.54, 1.807) is 18.8 Å². The Kier molecular flexibility index (Phi) is 3.53. The number of nitrogens with zero attached hydrogens (tertiary/aromatic N) is 4. The molecule has 6 heteroatoms. The summed E-state index contributed by atoms with van der Waals surface area (Å²) in [5.74, 6) is 1.47. The van der Waals surface area contributed by atoms with Crippen molar-refractivity contribution < 1.29 is 0 Å². The topological polar surface area (TPSA) is 69.6 Å². The van der Waals surface area contributed by atoms with E-state index in [0.717, 1.165) is 17.1 Å². The zero-order valence-corrected chi connectivity index (χ0v) is 9.81. The Morgan fingerprint density at radius 1 is 1.44 bits per heavy atom. The minimum atomic E-state index is 0.567. The molecule has 0 unspecified atom stereocenters. The van der Waals surface area contributed by atoms with E-state index in [9.17, 15) is 0 Å². The molecule has 0 saturated carbocycles. The van der Waals surface area contributed by atoms with Crippen molar-refractivity contribution in [3.05, 3.63) is 35.7 Å². The Labute approximate surface area is 98.0 Å². The van der Waals surface area contributed by atoms with E-state index in [4.69, 9.17) is 5.73 Å². The molecular formula is C10H13N5S. The summed E-state index contributed by atoms with van der Waals surface area (Å²) in [4.78, 5) is 2.64. The highest BCUT2D eigenvalue weighted by Crippen LogP contribution is 2.21. The van der Waals surface area contributed by atoms with Gasteiger partial charge in [-0.3, -0.25) is 0 Å². The average molecular weight is 235 g/mol. The molecule has 0 aliphatic heterocycles. The molecule has 2 N–H and O–H groups in total. The number of tetrazole rings is 1. The summed E-state index contributed by atoms with van der Waals surface area (Å²) in [6, 6.07) is 8.17. The first-order valence-corrected chi connectivity index (χ1v) is 5.91. The molecule has 0 amide bonds. The highest BCUT2D eigenvalue weighted by Gasteiger charge is 2.02. The second kappa shape index (κ2) is 5.09. The molecule has 2 rings (SSSR count). The lowest BCUT2D eigenvalue weighted by Crippen LogP contribution is -1.95. The van der Waals surface area contributed by atoms with Crippen LogP contribution < -0.4 is 5.73 Å². The molecule has 16 heavy (non-hydrogen) atoms. The van der Waals surface area contributed by atoms with Crippen molar-refractivity contribution in [1.82, 2.24) is 20.2 Å². The summed E-state index contributed by atoms with van der Waals surface area (Å²) < 4.78 is 0. The first-order chi connectivity index (χ1) is 7.78. The standard InChI is InChI=1S/C10H13N5S/c1-15-13-10(12-14-15)7-16-9-4-2-3-8(5-9)6-11/h2-5H,6-7,11H2,1H3. The predicted molar refractivity (Wildman–Crippen MR) is 62.7 cm³/mol. The van der Waals surface area contributed by atoms with Crippen LogP contribution in [0.3, 0.4) is 0 Å². The fraction of sp³-hybridized carbons (Fsp3) is 0.300. The van der Waals surface area contributed by atoms with Gasteiger partial charge < -0.3 is 5.73 Å². The summed E-state index contributed by atoms with van der Waals surface area (Å²) in [6.07, 6.45) is 0. The van der Waals surface area contributed by atoms with Crippen LogP contribution in [0.25, 0.3) is 0 Å². The van der Waals surface area contributed by atoms with E-state index >= 15 is 0 Å². The highest BCUT2D eigenvalue weighted by molar-refractivity contribution is 7.98. The molecule has 2 aromatic rings. The van der Waals surface area contributed by atoms with Crippen molar-refractivity contribution >= 4 is 11.8 Å². The monoisotopic (exact) mass is 235 g/mol.